The molecule has 1 aliphatic rings. The Labute approximate surface area is 120 Å². The number of hydrogen-bond donors (Lipinski definition) is 1. The molecule has 2 heterocycles. The molecule has 1 aromatic heterocycles. The standard InChI is InChI=1S/C15H23ClN2O/c1-9-10(2)19-11(3)15(9)14(17-4)7-12-5-6-18-8-13(12)16/h5-6,8-11,14-15,17H,7H2,1-4H3. The van der Waals surface area contributed by atoms with Crippen LogP contribution < -0.4 is 5.32 Å². The van der Waals surface area contributed by atoms with Gasteiger partial charge in [0.25, 0.3) is 0 Å². The zero-order chi connectivity index (χ0) is 14.0. The average molecular weight is 283 g/mol. The number of aromatic nitrogens is 1. The fraction of sp³-hybridized carbons (Fsp3) is 0.667. The van der Waals surface area contributed by atoms with Crippen LogP contribution in [0.25, 0.3) is 0 Å². The highest BCUT2D eigenvalue weighted by molar-refractivity contribution is 6.31. The summed E-state index contributed by atoms with van der Waals surface area (Å²) in [4.78, 5) is 4.04. The molecule has 1 N–H and O–H groups in total. The minimum absolute atomic E-state index is 0.281. The van der Waals surface area contributed by atoms with Crippen molar-refractivity contribution in [2.45, 2.75) is 45.4 Å². The molecule has 0 saturated carbocycles. The Morgan fingerprint density at radius 1 is 1.37 bits per heavy atom. The van der Waals surface area contributed by atoms with E-state index >= 15 is 0 Å². The molecule has 1 fully saturated rings. The SMILES string of the molecule is CNC(Cc1ccncc1Cl)C1C(C)OC(C)C1C. The zero-order valence-electron chi connectivity index (χ0n) is 12.1. The number of rotatable bonds is 4. The molecule has 0 bridgehead atoms. The van der Waals surface area contributed by atoms with Crippen molar-refractivity contribution in [1.82, 2.24) is 10.3 Å². The largest absolute Gasteiger partial charge is 0.375 e. The van der Waals surface area contributed by atoms with Crippen molar-refractivity contribution in [3.05, 3.63) is 29.0 Å². The van der Waals surface area contributed by atoms with Gasteiger partial charge in [-0.2, -0.15) is 0 Å². The lowest BCUT2D eigenvalue weighted by Crippen LogP contribution is -2.41. The third kappa shape index (κ3) is 3.10. The van der Waals surface area contributed by atoms with Crippen LogP contribution in [0.15, 0.2) is 18.5 Å². The lowest BCUT2D eigenvalue weighted by molar-refractivity contribution is 0.0479. The molecule has 0 aliphatic carbocycles. The summed E-state index contributed by atoms with van der Waals surface area (Å²) in [6, 6.07) is 2.37. The first-order valence-corrected chi connectivity index (χ1v) is 7.33. The summed E-state index contributed by atoms with van der Waals surface area (Å²) in [5.74, 6) is 1.05. The molecule has 1 aliphatic heterocycles. The Balaban J connectivity index is 2.15. The summed E-state index contributed by atoms with van der Waals surface area (Å²) < 4.78 is 5.95. The van der Waals surface area contributed by atoms with E-state index in [4.69, 9.17) is 16.3 Å². The summed E-state index contributed by atoms with van der Waals surface area (Å²) in [5.41, 5.74) is 1.15. The topological polar surface area (TPSA) is 34.2 Å². The first kappa shape index (κ1) is 14.8. The van der Waals surface area contributed by atoms with Crippen molar-refractivity contribution in [3.8, 4) is 0 Å². The summed E-state index contributed by atoms with van der Waals surface area (Å²) in [6.45, 7) is 6.60. The first-order chi connectivity index (χ1) is 9.04. The summed E-state index contributed by atoms with van der Waals surface area (Å²) in [6.07, 6.45) is 5.03. The first-order valence-electron chi connectivity index (χ1n) is 6.95. The van der Waals surface area contributed by atoms with Gasteiger partial charge < -0.3 is 10.1 Å². The van der Waals surface area contributed by atoms with E-state index in [1.165, 1.54) is 0 Å². The molecule has 3 nitrogen and oxygen atoms in total. The third-order valence-corrected chi connectivity index (χ3v) is 4.79. The highest BCUT2D eigenvalue weighted by Gasteiger charge is 2.41. The summed E-state index contributed by atoms with van der Waals surface area (Å²) in [7, 11) is 2.02. The van der Waals surface area contributed by atoms with Gasteiger partial charge in [-0.25, -0.2) is 0 Å². The quantitative estimate of drug-likeness (QED) is 0.922. The van der Waals surface area contributed by atoms with Crippen molar-refractivity contribution in [1.29, 1.82) is 0 Å². The van der Waals surface area contributed by atoms with E-state index in [-0.39, 0.29) is 6.10 Å². The zero-order valence-corrected chi connectivity index (χ0v) is 12.8. The van der Waals surface area contributed by atoms with E-state index in [2.05, 4.69) is 31.1 Å². The van der Waals surface area contributed by atoms with E-state index in [0.29, 0.717) is 24.0 Å². The number of nitrogens with zero attached hydrogens (tertiary/aromatic N) is 1. The van der Waals surface area contributed by atoms with E-state index in [0.717, 1.165) is 17.0 Å². The van der Waals surface area contributed by atoms with E-state index in [9.17, 15) is 0 Å². The highest BCUT2D eigenvalue weighted by Crippen LogP contribution is 2.35. The maximum Gasteiger partial charge on any atom is 0.0621 e. The second-order valence-electron chi connectivity index (χ2n) is 5.55. The number of halogens is 1. The van der Waals surface area contributed by atoms with Gasteiger partial charge in [0.2, 0.25) is 0 Å². The predicted molar refractivity (Wildman–Crippen MR) is 78.5 cm³/mol. The monoisotopic (exact) mass is 282 g/mol. The smallest absolute Gasteiger partial charge is 0.0621 e. The lowest BCUT2D eigenvalue weighted by Gasteiger charge is -2.29. The molecule has 5 unspecified atom stereocenters. The minimum atomic E-state index is 0.281. The molecule has 5 atom stereocenters. The normalized spacial score (nSPS) is 32.5. The highest BCUT2D eigenvalue weighted by atomic mass is 35.5. The molecular weight excluding hydrogens is 260 g/mol. The van der Waals surface area contributed by atoms with Crippen molar-refractivity contribution in [2.75, 3.05) is 7.05 Å². The number of ether oxygens (including phenoxy) is 1. The third-order valence-electron chi connectivity index (χ3n) is 4.45. The van der Waals surface area contributed by atoms with Crippen LogP contribution in [0.5, 0.6) is 0 Å². The minimum Gasteiger partial charge on any atom is -0.375 e. The molecule has 1 saturated heterocycles. The van der Waals surface area contributed by atoms with Gasteiger partial charge in [-0.15, -0.1) is 0 Å². The average Bonchev–Trinajstić information content (AvgIpc) is 2.63. The maximum atomic E-state index is 6.21. The Kier molecular flexibility index (Phi) is 4.82. The van der Waals surface area contributed by atoms with Gasteiger partial charge in [0.05, 0.1) is 17.2 Å². The van der Waals surface area contributed by atoms with E-state index in [1.807, 2.05) is 13.1 Å². The summed E-state index contributed by atoms with van der Waals surface area (Å²) in [5, 5.41) is 4.19. The van der Waals surface area contributed by atoms with E-state index < -0.39 is 0 Å². The predicted octanol–water partition coefficient (Wildman–Crippen LogP) is 2.93. The van der Waals surface area contributed by atoms with Crippen LogP contribution in [0.4, 0.5) is 0 Å². The number of hydrogen-bond acceptors (Lipinski definition) is 3. The molecule has 4 heteroatoms. The summed E-state index contributed by atoms with van der Waals surface area (Å²) >= 11 is 6.21. The van der Waals surface area contributed by atoms with Crippen LogP contribution >= 0.6 is 11.6 Å². The molecule has 0 amide bonds. The number of pyridine rings is 1. The van der Waals surface area contributed by atoms with Gasteiger partial charge in [0.15, 0.2) is 0 Å². The van der Waals surface area contributed by atoms with Gasteiger partial charge in [-0.3, -0.25) is 4.98 Å². The van der Waals surface area contributed by atoms with Gasteiger partial charge in [0, 0.05) is 24.4 Å². The fourth-order valence-electron chi connectivity index (χ4n) is 3.22. The Morgan fingerprint density at radius 3 is 2.63 bits per heavy atom. The van der Waals surface area contributed by atoms with Crippen LogP contribution in [-0.2, 0) is 11.2 Å². The Hall–Kier alpha value is -0.640. The van der Waals surface area contributed by atoms with Crippen LogP contribution in [0.3, 0.4) is 0 Å². The van der Waals surface area contributed by atoms with Crippen molar-refractivity contribution in [2.24, 2.45) is 11.8 Å². The van der Waals surface area contributed by atoms with E-state index in [1.54, 1.807) is 12.4 Å². The van der Waals surface area contributed by atoms with Crippen molar-refractivity contribution >= 4 is 11.6 Å². The Bertz CT molecular complexity index is 426. The maximum absolute atomic E-state index is 6.21. The van der Waals surface area contributed by atoms with Crippen LogP contribution in [0, 0.1) is 11.8 Å². The Morgan fingerprint density at radius 2 is 2.11 bits per heavy atom. The van der Waals surface area contributed by atoms with Crippen LogP contribution in [0.2, 0.25) is 5.02 Å². The molecule has 19 heavy (non-hydrogen) atoms. The molecule has 106 valence electrons. The van der Waals surface area contributed by atoms with Gasteiger partial charge in [-0.1, -0.05) is 18.5 Å². The molecular formula is C15H23ClN2O. The number of likely N-dealkylation sites (N-methyl/N-ethyl adjacent to an activating group) is 1. The second-order valence-corrected chi connectivity index (χ2v) is 5.96. The molecule has 0 radical (unpaired) electrons. The van der Waals surface area contributed by atoms with Gasteiger partial charge in [-0.05, 0) is 44.9 Å². The molecule has 1 aromatic rings. The lowest BCUT2D eigenvalue weighted by atomic mass is 9.81. The molecule has 0 spiro atoms. The van der Waals surface area contributed by atoms with Gasteiger partial charge in [0.1, 0.15) is 0 Å². The number of nitrogens with one attached hydrogen (secondary N) is 1. The van der Waals surface area contributed by atoms with Gasteiger partial charge >= 0.3 is 0 Å². The fourth-order valence-corrected chi connectivity index (χ4v) is 3.42. The van der Waals surface area contributed by atoms with Crippen LogP contribution in [-0.4, -0.2) is 30.3 Å². The van der Waals surface area contributed by atoms with Crippen LogP contribution in [0.1, 0.15) is 26.3 Å². The van der Waals surface area contributed by atoms with Crippen molar-refractivity contribution in [3.63, 3.8) is 0 Å². The molecule has 0 aromatic carbocycles. The molecule has 2 rings (SSSR count). The van der Waals surface area contributed by atoms with Crippen molar-refractivity contribution < 1.29 is 4.74 Å². The second kappa shape index (κ2) is 6.21.